The molecule has 22 heavy (non-hydrogen) atoms. The number of hydrogen-bond acceptors (Lipinski definition) is 2. The zero-order valence-corrected chi connectivity index (χ0v) is 14.3. The second-order valence-electron chi connectivity index (χ2n) is 6.16. The minimum Gasteiger partial charge on any atom is -0.383 e. The third-order valence-electron chi connectivity index (χ3n) is 4.38. The molecule has 2 nitrogen and oxygen atoms in total. The van der Waals surface area contributed by atoms with Crippen LogP contribution >= 0.6 is 0 Å². The topological polar surface area (TPSA) is 24.9 Å². The maximum Gasteiger partial charge on any atom is 0.0562 e. The quantitative estimate of drug-likeness (QED) is 0.742. The van der Waals surface area contributed by atoms with Crippen LogP contribution in [0.3, 0.4) is 0 Å². The van der Waals surface area contributed by atoms with Crippen LogP contribution in [0.4, 0.5) is 5.69 Å². The molecule has 0 fully saturated rings. The Morgan fingerprint density at radius 3 is 2.50 bits per heavy atom. The molecule has 0 aliphatic heterocycles. The van der Waals surface area contributed by atoms with Gasteiger partial charge in [0.15, 0.2) is 0 Å². The number of rotatable bonds is 7. The molecular weight excluding hydrogens is 268 g/mol. The average molecular weight is 296 g/mol. The van der Waals surface area contributed by atoms with Gasteiger partial charge in [0.2, 0.25) is 0 Å². The molecule has 1 aromatic heterocycles. The Morgan fingerprint density at radius 1 is 1.05 bits per heavy atom. The Morgan fingerprint density at radius 2 is 1.82 bits per heavy atom. The summed E-state index contributed by atoms with van der Waals surface area (Å²) >= 11 is 0. The SMILES string of the molecule is CCc1ccccc1C(CC)CNc1cnccc1C(C)C. The third kappa shape index (κ3) is 3.88. The number of aromatic nitrogens is 1. The maximum absolute atomic E-state index is 4.28. The number of pyridine rings is 1. The summed E-state index contributed by atoms with van der Waals surface area (Å²) in [5.41, 5.74) is 5.46. The monoisotopic (exact) mass is 296 g/mol. The van der Waals surface area contributed by atoms with E-state index in [1.165, 1.54) is 22.4 Å². The first kappa shape index (κ1) is 16.5. The molecule has 0 aliphatic carbocycles. The second-order valence-corrected chi connectivity index (χ2v) is 6.16. The summed E-state index contributed by atoms with van der Waals surface area (Å²) in [5.74, 6) is 1.05. The fourth-order valence-corrected chi connectivity index (χ4v) is 3.02. The lowest BCUT2D eigenvalue weighted by molar-refractivity contribution is 0.685. The van der Waals surface area contributed by atoms with Crippen molar-refractivity contribution in [3.8, 4) is 0 Å². The minimum absolute atomic E-state index is 0.508. The first-order chi connectivity index (χ1) is 10.7. The number of nitrogens with one attached hydrogen (secondary N) is 1. The first-order valence-electron chi connectivity index (χ1n) is 8.42. The molecule has 2 rings (SSSR count). The van der Waals surface area contributed by atoms with E-state index in [9.17, 15) is 0 Å². The molecule has 0 amide bonds. The average Bonchev–Trinajstić information content (AvgIpc) is 2.56. The van der Waals surface area contributed by atoms with E-state index >= 15 is 0 Å². The molecule has 1 heterocycles. The summed E-state index contributed by atoms with van der Waals surface area (Å²) in [6, 6.07) is 10.9. The van der Waals surface area contributed by atoms with Crippen molar-refractivity contribution in [2.75, 3.05) is 11.9 Å². The van der Waals surface area contributed by atoms with Crippen molar-refractivity contribution in [1.82, 2.24) is 4.98 Å². The predicted molar refractivity (Wildman–Crippen MR) is 95.7 cm³/mol. The van der Waals surface area contributed by atoms with Crippen molar-refractivity contribution in [3.63, 3.8) is 0 Å². The van der Waals surface area contributed by atoms with Crippen molar-refractivity contribution in [2.45, 2.75) is 52.4 Å². The molecule has 0 aliphatic rings. The van der Waals surface area contributed by atoms with Gasteiger partial charge >= 0.3 is 0 Å². The molecule has 1 unspecified atom stereocenters. The van der Waals surface area contributed by atoms with E-state index in [0.29, 0.717) is 11.8 Å². The zero-order valence-electron chi connectivity index (χ0n) is 14.3. The zero-order chi connectivity index (χ0) is 15.9. The fourth-order valence-electron chi connectivity index (χ4n) is 3.02. The van der Waals surface area contributed by atoms with Crippen molar-refractivity contribution >= 4 is 5.69 Å². The van der Waals surface area contributed by atoms with Gasteiger partial charge in [-0.2, -0.15) is 0 Å². The molecule has 1 atom stereocenters. The van der Waals surface area contributed by atoms with E-state index in [1.54, 1.807) is 0 Å². The highest BCUT2D eigenvalue weighted by Crippen LogP contribution is 2.27. The fraction of sp³-hybridized carbons (Fsp3) is 0.450. The van der Waals surface area contributed by atoms with E-state index in [4.69, 9.17) is 0 Å². The van der Waals surface area contributed by atoms with Gasteiger partial charge in [-0.15, -0.1) is 0 Å². The van der Waals surface area contributed by atoms with Gasteiger partial charge in [0.05, 0.1) is 11.9 Å². The molecule has 0 spiro atoms. The normalized spacial score (nSPS) is 12.4. The van der Waals surface area contributed by atoms with Crippen LogP contribution in [0.5, 0.6) is 0 Å². The Bertz CT molecular complexity index is 590. The lowest BCUT2D eigenvalue weighted by Gasteiger charge is -2.21. The number of anilines is 1. The highest BCUT2D eigenvalue weighted by atomic mass is 14.9. The van der Waals surface area contributed by atoms with E-state index < -0.39 is 0 Å². The maximum atomic E-state index is 4.28. The second kappa shape index (κ2) is 7.98. The first-order valence-corrected chi connectivity index (χ1v) is 8.42. The summed E-state index contributed by atoms with van der Waals surface area (Å²) in [7, 11) is 0. The van der Waals surface area contributed by atoms with E-state index in [0.717, 1.165) is 19.4 Å². The Balaban J connectivity index is 2.15. The van der Waals surface area contributed by atoms with Crippen LogP contribution in [0.15, 0.2) is 42.7 Å². The van der Waals surface area contributed by atoms with Gasteiger partial charge in [-0.3, -0.25) is 4.98 Å². The Kier molecular flexibility index (Phi) is 6.00. The highest BCUT2D eigenvalue weighted by molar-refractivity contribution is 5.51. The predicted octanol–water partition coefficient (Wildman–Crippen LogP) is 5.37. The number of aryl methyl sites for hydroxylation is 1. The smallest absolute Gasteiger partial charge is 0.0562 e. The summed E-state index contributed by atoms with van der Waals surface area (Å²) in [5, 5.41) is 3.63. The van der Waals surface area contributed by atoms with Gasteiger partial charge in [0.25, 0.3) is 0 Å². The standard InChI is InChI=1S/C20H28N2/c1-5-16-9-7-8-10-19(16)17(6-2)13-22-20-14-21-12-11-18(20)15(3)4/h7-12,14-15,17,22H,5-6,13H2,1-4H3. The lowest BCUT2D eigenvalue weighted by Crippen LogP contribution is -2.15. The van der Waals surface area contributed by atoms with Crippen LogP contribution in [0, 0.1) is 0 Å². The number of hydrogen-bond donors (Lipinski definition) is 1. The van der Waals surface area contributed by atoms with Crippen molar-refractivity contribution in [3.05, 3.63) is 59.4 Å². The Hall–Kier alpha value is -1.83. The molecule has 2 aromatic rings. The number of benzene rings is 1. The van der Waals surface area contributed by atoms with E-state index in [1.807, 2.05) is 12.4 Å². The van der Waals surface area contributed by atoms with Crippen LogP contribution in [0.2, 0.25) is 0 Å². The molecule has 0 saturated heterocycles. The Labute approximate surface area is 135 Å². The molecule has 1 aromatic carbocycles. The van der Waals surface area contributed by atoms with Gasteiger partial charge in [-0.1, -0.05) is 52.0 Å². The third-order valence-corrected chi connectivity index (χ3v) is 4.38. The van der Waals surface area contributed by atoms with Crippen LogP contribution in [-0.2, 0) is 6.42 Å². The van der Waals surface area contributed by atoms with E-state index in [2.05, 4.69) is 68.3 Å². The van der Waals surface area contributed by atoms with Gasteiger partial charge < -0.3 is 5.32 Å². The summed E-state index contributed by atoms with van der Waals surface area (Å²) < 4.78 is 0. The molecule has 2 heteroatoms. The van der Waals surface area contributed by atoms with Crippen molar-refractivity contribution < 1.29 is 0 Å². The van der Waals surface area contributed by atoms with Gasteiger partial charge in [-0.05, 0) is 41.5 Å². The molecule has 0 bridgehead atoms. The molecule has 1 N–H and O–H groups in total. The molecule has 118 valence electrons. The number of nitrogens with zero attached hydrogens (tertiary/aromatic N) is 1. The summed E-state index contributed by atoms with van der Waals surface area (Å²) in [6.07, 6.45) is 6.07. The minimum atomic E-state index is 0.508. The van der Waals surface area contributed by atoms with Crippen LogP contribution < -0.4 is 5.32 Å². The van der Waals surface area contributed by atoms with Gasteiger partial charge in [0, 0.05) is 18.7 Å². The van der Waals surface area contributed by atoms with Crippen LogP contribution in [-0.4, -0.2) is 11.5 Å². The van der Waals surface area contributed by atoms with Crippen LogP contribution in [0.1, 0.15) is 62.6 Å². The largest absolute Gasteiger partial charge is 0.383 e. The van der Waals surface area contributed by atoms with Gasteiger partial charge in [-0.25, -0.2) is 0 Å². The summed E-state index contributed by atoms with van der Waals surface area (Å²) in [4.78, 5) is 4.28. The summed E-state index contributed by atoms with van der Waals surface area (Å²) in [6.45, 7) is 9.91. The highest BCUT2D eigenvalue weighted by Gasteiger charge is 2.14. The van der Waals surface area contributed by atoms with Gasteiger partial charge in [0.1, 0.15) is 0 Å². The van der Waals surface area contributed by atoms with Crippen LogP contribution in [0.25, 0.3) is 0 Å². The molecule has 0 saturated carbocycles. The molecular formula is C20H28N2. The molecule has 0 radical (unpaired) electrons. The van der Waals surface area contributed by atoms with Crippen molar-refractivity contribution in [2.24, 2.45) is 0 Å². The lowest BCUT2D eigenvalue weighted by atomic mass is 9.90. The van der Waals surface area contributed by atoms with E-state index in [-0.39, 0.29) is 0 Å². The van der Waals surface area contributed by atoms with Crippen molar-refractivity contribution in [1.29, 1.82) is 0 Å².